The zero-order chi connectivity index (χ0) is 18.4. The minimum atomic E-state index is -0.167. The molecule has 132 valence electrons. The van der Waals surface area contributed by atoms with E-state index in [0.717, 1.165) is 26.8 Å². The van der Waals surface area contributed by atoms with Gasteiger partial charge in [-0.1, -0.05) is 52.3 Å². The largest absolute Gasteiger partial charge is 0.492 e. The third-order valence-corrected chi connectivity index (χ3v) is 4.88. The van der Waals surface area contributed by atoms with Crippen molar-refractivity contribution >= 4 is 43.5 Å². The number of anilines is 1. The van der Waals surface area contributed by atoms with Crippen LogP contribution in [0.1, 0.15) is 15.9 Å². The molecule has 0 radical (unpaired) electrons. The molecule has 0 saturated carbocycles. The smallest absolute Gasteiger partial charge is 0.255 e. The second kappa shape index (κ2) is 9.01. The monoisotopic (exact) mass is 473 g/mol. The lowest BCUT2D eigenvalue weighted by Crippen LogP contribution is -2.12. The summed E-state index contributed by atoms with van der Waals surface area (Å²) in [5.41, 5.74) is 2.53. The van der Waals surface area contributed by atoms with Gasteiger partial charge in [-0.15, -0.1) is 0 Å². The molecule has 5 heteroatoms. The molecule has 0 aliphatic rings. The topological polar surface area (TPSA) is 38.3 Å². The van der Waals surface area contributed by atoms with Gasteiger partial charge in [0.2, 0.25) is 0 Å². The van der Waals surface area contributed by atoms with Crippen molar-refractivity contribution in [2.75, 3.05) is 11.9 Å². The first-order valence-corrected chi connectivity index (χ1v) is 9.73. The Morgan fingerprint density at radius 2 is 1.73 bits per heavy atom. The summed E-state index contributed by atoms with van der Waals surface area (Å²) >= 11 is 6.88. The van der Waals surface area contributed by atoms with Crippen molar-refractivity contribution in [1.82, 2.24) is 0 Å². The molecule has 0 bridgehead atoms. The summed E-state index contributed by atoms with van der Waals surface area (Å²) in [7, 11) is 0. The first-order chi connectivity index (χ1) is 12.6. The maximum absolute atomic E-state index is 12.4. The van der Waals surface area contributed by atoms with Crippen LogP contribution in [-0.4, -0.2) is 12.5 Å². The number of carbonyl (C=O) groups is 1. The molecule has 1 N–H and O–H groups in total. The van der Waals surface area contributed by atoms with Gasteiger partial charge >= 0.3 is 0 Å². The van der Waals surface area contributed by atoms with Gasteiger partial charge in [-0.05, 0) is 57.9 Å². The van der Waals surface area contributed by atoms with Crippen LogP contribution in [0.4, 0.5) is 5.69 Å². The maximum atomic E-state index is 12.4. The fourth-order valence-corrected chi connectivity index (χ4v) is 3.34. The SMILES string of the molecule is O=C(Nc1cccc(Br)c1)c1ccc(OCCc2ccccc2)c(Br)c1. The first-order valence-electron chi connectivity index (χ1n) is 8.15. The molecule has 0 spiro atoms. The number of amides is 1. The van der Waals surface area contributed by atoms with Gasteiger partial charge in [-0.3, -0.25) is 4.79 Å². The number of ether oxygens (including phenoxy) is 1. The summed E-state index contributed by atoms with van der Waals surface area (Å²) < 4.78 is 7.50. The average Bonchev–Trinajstić information content (AvgIpc) is 2.64. The van der Waals surface area contributed by atoms with Crippen LogP contribution in [0.2, 0.25) is 0 Å². The third-order valence-electron chi connectivity index (χ3n) is 3.77. The standard InChI is InChI=1S/C21H17Br2NO2/c22-17-7-4-8-18(14-17)24-21(25)16-9-10-20(19(23)13-16)26-12-11-15-5-2-1-3-6-15/h1-10,13-14H,11-12H2,(H,24,25). The molecule has 0 heterocycles. The Balaban J connectivity index is 1.60. The van der Waals surface area contributed by atoms with Crippen LogP contribution < -0.4 is 10.1 Å². The molecule has 0 saturated heterocycles. The van der Waals surface area contributed by atoms with Crippen molar-refractivity contribution in [1.29, 1.82) is 0 Å². The van der Waals surface area contributed by atoms with E-state index in [2.05, 4.69) is 49.3 Å². The van der Waals surface area contributed by atoms with E-state index in [1.165, 1.54) is 5.56 Å². The van der Waals surface area contributed by atoms with Gasteiger partial charge in [0.05, 0.1) is 11.1 Å². The lowest BCUT2D eigenvalue weighted by atomic mass is 10.2. The van der Waals surface area contributed by atoms with Crippen LogP contribution in [0.5, 0.6) is 5.75 Å². The molecule has 0 aliphatic heterocycles. The lowest BCUT2D eigenvalue weighted by Gasteiger charge is -2.10. The second-order valence-corrected chi connectivity index (χ2v) is 7.46. The molecule has 26 heavy (non-hydrogen) atoms. The van der Waals surface area contributed by atoms with Crippen LogP contribution in [0.3, 0.4) is 0 Å². The molecule has 0 atom stereocenters. The summed E-state index contributed by atoms with van der Waals surface area (Å²) in [6, 6.07) is 23.0. The maximum Gasteiger partial charge on any atom is 0.255 e. The van der Waals surface area contributed by atoms with E-state index in [1.54, 1.807) is 12.1 Å². The normalized spacial score (nSPS) is 10.4. The molecule has 1 amide bonds. The summed E-state index contributed by atoms with van der Waals surface area (Å²) in [4.78, 5) is 12.4. The van der Waals surface area contributed by atoms with Crippen LogP contribution in [0, 0.1) is 0 Å². The number of halogens is 2. The lowest BCUT2D eigenvalue weighted by molar-refractivity contribution is 0.102. The zero-order valence-electron chi connectivity index (χ0n) is 13.9. The molecule has 0 aliphatic carbocycles. The third kappa shape index (κ3) is 5.19. The summed E-state index contributed by atoms with van der Waals surface area (Å²) in [6.07, 6.45) is 0.832. The van der Waals surface area contributed by atoms with Crippen molar-refractivity contribution in [3.8, 4) is 5.75 Å². The van der Waals surface area contributed by atoms with Crippen molar-refractivity contribution in [3.05, 3.63) is 92.9 Å². The van der Waals surface area contributed by atoms with Crippen molar-refractivity contribution in [3.63, 3.8) is 0 Å². The highest BCUT2D eigenvalue weighted by atomic mass is 79.9. The van der Waals surface area contributed by atoms with E-state index in [-0.39, 0.29) is 5.91 Å². The van der Waals surface area contributed by atoms with E-state index in [1.807, 2.05) is 48.5 Å². The Morgan fingerprint density at radius 1 is 0.923 bits per heavy atom. The number of carbonyl (C=O) groups excluding carboxylic acids is 1. The van der Waals surface area contributed by atoms with Gasteiger partial charge in [0.1, 0.15) is 5.75 Å². The van der Waals surface area contributed by atoms with Crippen LogP contribution >= 0.6 is 31.9 Å². The van der Waals surface area contributed by atoms with Gasteiger partial charge in [-0.25, -0.2) is 0 Å². The summed E-state index contributed by atoms with van der Waals surface area (Å²) in [6.45, 7) is 0.576. The Kier molecular flexibility index (Phi) is 6.47. The summed E-state index contributed by atoms with van der Waals surface area (Å²) in [5, 5.41) is 2.88. The number of benzene rings is 3. The van der Waals surface area contributed by atoms with E-state index < -0.39 is 0 Å². The van der Waals surface area contributed by atoms with Gasteiger partial charge in [0, 0.05) is 22.1 Å². The predicted octanol–water partition coefficient (Wildman–Crippen LogP) is 6.09. The molecule has 0 aromatic heterocycles. The first kappa shape index (κ1) is 18.7. The van der Waals surface area contributed by atoms with E-state index in [4.69, 9.17) is 4.74 Å². The number of hydrogen-bond acceptors (Lipinski definition) is 2. The van der Waals surface area contributed by atoms with E-state index >= 15 is 0 Å². The van der Waals surface area contributed by atoms with Crippen LogP contribution in [-0.2, 0) is 6.42 Å². The average molecular weight is 475 g/mol. The number of rotatable bonds is 6. The quantitative estimate of drug-likeness (QED) is 0.469. The molecule has 3 nitrogen and oxygen atoms in total. The number of nitrogens with one attached hydrogen (secondary N) is 1. The Hall–Kier alpha value is -2.11. The van der Waals surface area contributed by atoms with Crippen molar-refractivity contribution in [2.24, 2.45) is 0 Å². The minimum Gasteiger partial charge on any atom is -0.492 e. The summed E-state index contributed by atoms with van der Waals surface area (Å²) in [5.74, 6) is 0.555. The molecule has 0 unspecified atom stereocenters. The van der Waals surface area contributed by atoms with Crippen LogP contribution in [0.15, 0.2) is 81.7 Å². The van der Waals surface area contributed by atoms with Crippen LogP contribution in [0.25, 0.3) is 0 Å². The van der Waals surface area contributed by atoms with Crippen molar-refractivity contribution < 1.29 is 9.53 Å². The molecule has 3 aromatic carbocycles. The molecule has 3 aromatic rings. The second-order valence-electron chi connectivity index (χ2n) is 5.69. The Morgan fingerprint density at radius 3 is 2.46 bits per heavy atom. The van der Waals surface area contributed by atoms with E-state index in [9.17, 15) is 4.79 Å². The highest BCUT2D eigenvalue weighted by Crippen LogP contribution is 2.27. The van der Waals surface area contributed by atoms with Crippen molar-refractivity contribution in [2.45, 2.75) is 6.42 Å². The molecular weight excluding hydrogens is 458 g/mol. The molecule has 3 rings (SSSR count). The number of hydrogen-bond donors (Lipinski definition) is 1. The Bertz CT molecular complexity index is 898. The zero-order valence-corrected chi connectivity index (χ0v) is 17.1. The van der Waals surface area contributed by atoms with Gasteiger partial charge in [-0.2, -0.15) is 0 Å². The van der Waals surface area contributed by atoms with Gasteiger partial charge in [0.25, 0.3) is 5.91 Å². The Labute approximate surface area is 169 Å². The highest BCUT2D eigenvalue weighted by molar-refractivity contribution is 9.10. The fraction of sp³-hybridized carbons (Fsp3) is 0.0952. The minimum absolute atomic E-state index is 0.167. The molecule has 0 fully saturated rings. The molecular formula is C21H17Br2NO2. The van der Waals surface area contributed by atoms with E-state index in [0.29, 0.717) is 12.2 Å². The van der Waals surface area contributed by atoms with Gasteiger partial charge < -0.3 is 10.1 Å². The highest BCUT2D eigenvalue weighted by Gasteiger charge is 2.10. The van der Waals surface area contributed by atoms with Gasteiger partial charge in [0.15, 0.2) is 0 Å². The predicted molar refractivity (Wildman–Crippen MR) is 112 cm³/mol. The fourth-order valence-electron chi connectivity index (χ4n) is 2.45.